The summed E-state index contributed by atoms with van der Waals surface area (Å²) in [6, 6.07) is 0. The van der Waals surface area contributed by atoms with E-state index in [4.69, 9.17) is 9.72 Å². The Balaban J connectivity index is 1.76. The molecule has 0 bridgehead atoms. The van der Waals surface area contributed by atoms with E-state index in [2.05, 4.69) is 43.1 Å². The first-order chi connectivity index (χ1) is 11.4. The van der Waals surface area contributed by atoms with Crippen LogP contribution in [-0.4, -0.2) is 31.7 Å². The molecular formula is C17H24N5OS+. The van der Waals surface area contributed by atoms with Crippen molar-refractivity contribution in [2.45, 2.75) is 52.9 Å². The number of ether oxygens (including phenoxy) is 1. The van der Waals surface area contributed by atoms with Gasteiger partial charge in [0.25, 0.3) is 0 Å². The molecule has 0 unspecified atom stereocenters. The van der Waals surface area contributed by atoms with Crippen molar-refractivity contribution in [1.29, 1.82) is 0 Å². The summed E-state index contributed by atoms with van der Waals surface area (Å²) in [7, 11) is 0. The summed E-state index contributed by atoms with van der Waals surface area (Å²) in [4.78, 5) is 11.7. The molecular weight excluding hydrogens is 322 g/mol. The first-order valence-corrected chi connectivity index (χ1v) is 9.35. The number of thiophene rings is 1. The Bertz CT molecular complexity index is 895. The van der Waals surface area contributed by atoms with E-state index in [0.29, 0.717) is 12.5 Å². The smallest absolute Gasteiger partial charge is 0.206 e. The first-order valence-electron chi connectivity index (χ1n) is 8.53. The molecule has 4 heterocycles. The predicted octanol–water partition coefficient (Wildman–Crippen LogP) is 1.91. The molecule has 0 radical (unpaired) electrons. The summed E-state index contributed by atoms with van der Waals surface area (Å²) in [5.41, 5.74) is 2.14. The van der Waals surface area contributed by atoms with Crippen molar-refractivity contribution in [2.24, 2.45) is 5.92 Å². The first kappa shape index (κ1) is 15.9. The molecule has 4 rings (SSSR count). The minimum Gasteiger partial charge on any atom is -0.370 e. The summed E-state index contributed by atoms with van der Waals surface area (Å²) in [6.07, 6.45) is 2.68. The largest absolute Gasteiger partial charge is 0.370 e. The minimum absolute atomic E-state index is 0.137. The van der Waals surface area contributed by atoms with Crippen LogP contribution in [0, 0.1) is 5.92 Å². The highest BCUT2D eigenvalue weighted by molar-refractivity contribution is 7.19. The highest BCUT2D eigenvalue weighted by Crippen LogP contribution is 2.39. The molecule has 24 heavy (non-hydrogen) atoms. The summed E-state index contributed by atoms with van der Waals surface area (Å²) in [5.74, 6) is 1.54. The Morgan fingerprint density at radius 1 is 1.42 bits per heavy atom. The number of hydrogen-bond donors (Lipinski definition) is 1. The molecule has 0 aromatic carbocycles. The number of aromatic nitrogens is 4. The van der Waals surface area contributed by atoms with Gasteiger partial charge in [-0.3, -0.25) is 0 Å². The van der Waals surface area contributed by atoms with Crippen LogP contribution < -0.4 is 5.32 Å². The van der Waals surface area contributed by atoms with Crippen LogP contribution in [0.2, 0.25) is 0 Å². The molecule has 128 valence electrons. The number of rotatable bonds is 4. The minimum atomic E-state index is -0.137. The Morgan fingerprint density at radius 2 is 2.25 bits per heavy atom. The summed E-state index contributed by atoms with van der Waals surface area (Å²) in [6.45, 7) is 11.3. The van der Waals surface area contributed by atoms with Crippen LogP contribution >= 0.6 is 11.3 Å². The average molecular weight is 346 g/mol. The van der Waals surface area contributed by atoms with E-state index in [1.54, 1.807) is 17.7 Å². The molecule has 0 atom stereocenters. The van der Waals surface area contributed by atoms with Gasteiger partial charge in [0.1, 0.15) is 17.7 Å². The Hall–Kier alpha value is -1.57. The fourth-order valence-corrected chi connectivity index (χ4v) is 4.28. The van der Waals surface area contributed by atoms with Crippen molar-refractivity contribution in [2.75, 3.05) is 6.54 Å². The molecule has 1 aliphatic rings. The monoisotopic (exact) mass is 346 g/mol. The zero-order valence-electron chi connectivity index (χ0n) is 14.7. The van der Waals surface area contributed by atoms with Gasteiger partial charge in [0.2, 0.25) is 5.82 Å². The van der Waals surface area contributed by atoms with E-state index in [1.807, 2.05) is 4.52 Å². The van der Waals surface area contributed by atoms with Crippen molar-refractivity contribution >= 4 is 27.2 Å². The van der Waals surface area contributed by atoms with E-state index in [9.17, 15) is 0 Å². The SMILES string of the molecule is CC(C)C[NH2+]Cc1nc2c3c4c(sc3ncn2n1)COC(C)(C)C4. The van der Waals surface area contributed by atoms with Crippen LogP contribution in [0.5, 0.6) is 0 Å². The molecule has 3 aromatic rings. The Kier molecular flexibility index (Phi) is 3.82. The maximum Gasteiger partial charge on any atom is 0.206 e. The van der Waals surface area contributed by atoms with Gasteiger partial charge in [-0.2, -0.15) is 0 Å². The molecule has 6 nitrogen and oxygen atoms in total. The van der Waals surface area contributed by atoms with Gasteiger partial charge in [0.05, 0.1) is 24.1 Å². The number of hydrogen-bond acceptors (Lipinski definition) is 5. The maximum atomic E-state index is 5.95. The Labute approximate surface area is 145 Å². The topological polar surface area (TPSA) is 68.9 Å². The van der Waals surface area contributed by atoms with Crippen LogP contribution in [0.15, 0.2) is 6.33 Å². The molecule has 3 aromatic heterocycles. The van der Waals surface area contributed by atoms with Gasteiger partial charge in [0, 0.05) is 17.2 Å². The van der Waals surface area contributed by atoms with E-state index in [-0.39, 0.29) is 5.60 Å². The molecule has 0 saturated carbocycles. The van der Waals surface area contributed by atoms with Crippen LogP contribution in [0.3, 0.4) is 0 Å². The van der Waals surface area contributed by atoms with Crippen molar-refractivity contribution in [3.8, 4) is 0 Å². The van der Waals surface area contributed by atoms with Gasteiger partial charge in [-0.25, -0.2) is 14.5 Å². The van der Waals surface area contributed by atoms with Gasteiger partial charge in [-0.15, -0.1) is 16.4 Å². The molecule has 0 fully saturated rings. The number of fused-ring (bicyclic) bond motifs is 5. The second kappa shape index (κ2) is 5.75. The molecule has 1 aliphatic heterocycles. The maximum absolute atomic E-state index is 5.95. The van der Waals surface area contributed by atoms with E-state index >= 15 is 0 Å². The standard InChI is InChI=1S/C17H23N5OS/c1-10(2)6-18-7-13-20-15-14-11-5-17(3,4)23-8-12(11)24-16(14)19-9-22(15)21-13/h9-10,18H,5-8H2,1-4H3/p+1. The van der Waals surface area contributed by atoms with Gasteiger partial charge in [-0.1, -0.05) is 13.8 Å². The van der Waals surface area contributed by atoms with E-state index < -0.39 is 0 Å². The van der Waals surface area contributed by atoms with Gasteiger partial charge >= 0.3 is 0 Å². The van der Waals surface area contributed by atoms with Crippen molar-refractivity contribution in [1.82, 2.24) is 19.6 Å². The highest BCUT2D eigenvalue weighted by Gasteiger charge is 2.30. The normalized spacial score (nSPS) is 17.0. The quantitative estimate of drug-likeness (QED) is 0.783. The van der Waals surface area contributed by atoms with Crippen LogP contribution in [0.1, 0.15) is 44.0 Å². The second-order valence-corrected chi connectivity index (χ2v) is 8.66. The number of quaternary nitrogens is 1. The van der Waals surface area contributed by atoms with Crippen molar-refractivity contribution in [3.05, 3.63) is 22.6 Å². The fraction of sp³-hybridized carbons (Fsp3) is 0.588. The van der Waals surface area contributed by atoms with E-state index in [1.165, 1.54) is 10.4 Å². The van der Waals surface area contributed by atoms with Crippen LogP contribution in [0.4, 0.5) is 0 Å². The molecule has 0 aliphatic carbocycles. The lowest BCUT2D eigenvalue weighted by Gasteiger charge is -2.30. The summed E-state index contributed by atoms with van der Waals surface area (Å²) >= 11 is 1.72. The van der Waals surface area contributed by atoms with E-state index in [0.717, 1.165) is 41.2 Å². The average Bonchev–Trinajstić information content (AvgIpc) is 3.05. The fourth-order valence-electron chi connectivity index (χ4n) is 3.22. The third-order valence-corrected chi connectivity index (χ3v) is 5.53. The predicted molar refractivity (Wildman–Crippen MR) is 94.1 cm³/mol. The zero-order valence-corrected chi connectivity index (χ0v) is 15.5. The number of nitrogens with two attached hydrogens (primary N) is 1. The Morgan fingerprint density at radius 3 is 3.04 bits per heavy atom. The summed E-state index contributed by atoms with van der Waals surface area (Å²) < 4.78 is 7.78. The number of nitrogens with zero attached hydrogens (tertiary/aromatic N) is 4. The van der Waals surface area contributed by atoms with Crippen LogP contribution in [-0.2, 0) is 24.3 Å². The lowest BCUT2D eigenvalue weighted by molar-refractivity contribution is -0.676. The lowest BCUT2D eigenvalue weighted by Crippen LogP contribution is -2.83. The second-order valence-electron chi connectivity index (χ2n) is 7.57. The zero-order chi connectivity index (χ0) is 16.9. The lowest BCUT2D eigenvalue weighted by atomic mass is 9.94. The van der Waals surface area contributed by atoms with Gasteiger partial charge in [-0.05, 0) is 19.4 Å². The van der Waals surface area contributed by atoms with Crippen molar-refractivity contribution in [3.63, 3.8) is 0 Å². The van der Waals surface area contributed by atoms with Gasteiger partial charge < -0.3 is 10.1 Å². The third-order valence-electron chi connectivity index (χ3n) is 4.42. The molecule has 0 saturated heterocycles. The molecule has 0 spiro atoms. The van der Waals surface area contributed by atoms with Gasteiger partial charge in [0.15, 0.2) is 5.65 Å². The molecule has 0 amide bonds. The molecule has 7 heteroatoms. The highest BCUT2D eigenvalue weighted by atomic mass is 32.1. The summed E-state index contributed by atoms with van der Waals surface area (Å²) in [5, 5.41) is 8.04. The van der Waals surface area contributed by atoms with Crippen LogP contribution in [0.25, 0.3) is 15.9 Å². The third kappa shape index (κ3) is 2.81. The van der Waals surface area contributed by atoms with Crippen molar-refractivity contribution < 1.29 is 10.1 Å². The molecule has 2 N–H and O–H groups in total.